The van der Waals surface area contributed by atoms with Gasteiger partial charge in [-0.15, -0.1) is 0 Å². The lowest BCUT2D eigenvalue weighted by Gasteiger charge is -2.10. The minimum Gasteiger partial charge on any atom is -0.494 e. The lowest BCUT2D eigenvalue weighted by molar-refractivity contribution is -0.119. The number of nitrogens with one attached hydrogen (secondary N) is 1. The van der Waals surface area contributed by atoms with Gasteiger partial charge in [0.15, 0.2) is 0 Å². The number of unbranched alkanes of at least 4 members (excludes halogenated alkanes) is 1. The monoisotopic (exact) mass is 351 g/mol. The number of benzene rings is 2. The van der Waals surface area contributed by atoms with Gasteiger partial charge in [0.25, 0.3) is 0 Å². The Hall–Kier alpha value is -2.82. The van der Waals surface area contributed by atoms with Crippen molar-refractivity contribution < 1.29 is 9.53 Å². The third-order valence-corrected chi connectivity index (χ3v) is 4.29. The Morgan fingerprint density at radius 3 is 2.65 bits per heavy atom. The molecule has 0 aliphatic rings. The molecular formula is C21H25N3O2. The average Bonchev–Trinajstić information content (AvgIpc) is 2.99. The highest BCUT2D eigenvalue weighted by Crippen LogP contribution is 2.17. The molecular weight excluding hydrogens is 326 g/mol. The summed E-state index contributed by atoms with van der Waals surface area (Å²) in [4.78, 5) is 15.9. The fourth-order valence-electron chi connectivity index (χ4n) is 2.91. The largest absolute Gasteiger partial charge is 0.494 e. The molecule has 1 N–H and O–H groups in total. The van der Waals surface area contributed by atoms with Crippen LogP contribution in [0.4, 0.5) is 0 Å². The first-order valence-corrected chi connectivity index (χ1v) is 9.01. The maximum Gasteiger partial charge on any atom is 0.217 e. The molecule has 136 valence electrons. The summed E-state index contributed by atoms with van der Waals surface area (Å²) in [7, 11) is 0. The number of amides is 1. The van der Waals surface area contributed by atoms with E-state index < -0.39 is 0 Å². The van der Waals surface area contributed by atoms with Gasteiger partial charge in [0.05, 0.1) is 24.2 Å². The van der Waals surface area contributed by atoms with Crippen molar-refractivity contribution in [3.63, 3.8) is 0 Å². The zero-order valence-electron chi connectivity index (χ0n) is 15.4. The number of fused-ring (bicyclic) bond motifs is 1. The molecule has 0 aliphatic heterocycles. The van der Waals surface area contributed by atoms with E-state index in [9.17, 15) is 4.79 Å². The second-order valence-corrected chi connectivity index (χ2v) is 6.45. The quantitative estimate of drug-likeness (QED) is 0.627. The van der Waals surface area contributed by atoms with Crippen LogP contribution in [0.1, 0.15) is 31.2 Å². The standard InChI is InChI=1S/C21H25N3O2/c1-16-9-11-18(12-10-16)26-14-6-5-13-24-20-8-4-3-7-19(20)23-21(24)15-22-17(2)25/h3-4,7-12H,5-6,13-15H2,1-2H3,(H,22,25). The highest BCUT2D eigenvalue weighted by molar-refractivity contribution is 5.76. The van der Waals surface area contributed by atoms with Crippen LogP contribution < -0.4 is 10.1 Å². The molecule has 0 bridgehead atoms. The molecule has 0 atom stereocenters. The number of imidazole rings is 1. The SMILES string of the molecule is CC(=O)NCc1nc2ccccc2n1CCCCOc1ccc(C)cc1. The summed E-state index contributed by atoms with van der Waals surface area (Å²) in [5.74, 6) is 1.76. The number of ether oxygens (including phenoxy) is 1. The molecule has 3 rings (SSSR count). The van der Waals surface area contributed by atoms with Crippen molar-refractivity contribution >= 4 is 16.9 Å². The van der Waals surface area contributed by atoms with Gasteiger partial charge >= 0.3 is 0 Å². The Bertz CT molecular complexity index is 869. The van der Waals surface area contributed by atoms with Gasteiger partial charge < -0.3 is 14.6 Å². The average molecular weight is 351 g/mol. The van der Waals surface area contributed by atoms with Crippen LogP contribution in [-0.2, 0) is 17.9 Å². The molecule has 1 aromatic heterocycles. The van der Waals surface area contributed by atoms with E-state index >= 15 is 0 Å². The second-order valence-electron chi connectivity index (χ2n) is 6.45. The van der Waals surface area contributed by atoms with Crippen LogP contribution in [0.2, 0.25) is 0 Å². The number of aryl methyl sites for hydroxylation is 2. The van der Waals surface area contributed by atoms with Crippen molar-refractivity contribution in [1.82, 2.24) is 14.9 Å². The Morgan fingerprint density at radius 1 is 1.12 bits per heavy atom. The van der Waals surface area contributed by atoms with Crippen LogP contribution in [0, 0.1) is 6.92 Å². The first kappa shape index (κ1) is 18.0. The molecule has 26 heavy (non-hydrogen) atoms. The molecule has 2 aromatic carbocycles. The zero-order valence-corrected chi connectivity index (χ0v) is 15.4. The number of rotatable bonds is 8. The number of para-hydroxylation sites is 2. The summed E-state index contributed by atoms with van der Waals surface area (Å²) in [6, 6.07) is 16.2. The molecule has 3 aromatic rings. The molecule has 0 unspecified atom stereocenters. The number of carbonyl (C=O) groups excluding carboxylic acids is 1. The Labute approximate surface area is 154 Å². The second kappa shape index (κ2) is 8.52. The van der Waals surface area contributed by atoms with Gasteiger partial charge in [-0.1, -0.05) is 29.8 Å². The highest BCUT2D eigenvalue weighted by Gasteiger charge is 2.10. The molecule has 0 spiro atoms. The summed E-state index contributed by atoms with van der Waals surface area (Å²) >= 11 is 0. The Morgan fingerprint density at radius 2 is 1.88 bits per heavy atom. The molecule has 0 saturated heterocycles. The van der Waals surface area contributed by atoms with Crippen molar-refractivity contribution in [1.29, 1.82) is 0 Å². The first-order valence-electron chi connectivity index (χ1n) is 9.01. The van der Waals surface area contributed by atoms with E-state index in [0.29, 0.717) is 13.2 Å². The topological polar surface area (TPSA) is 56.2 Å². The van der Waals surface area contributed by atoms with Gasteiger partial charge in [-0.05, 0) is 44.0 Å². The lowest BCUT2D eigenvalue weighted by Crippen LogP contribution is -2.21. The maximum absolute atomic E-state index is 11.2. The highest BCUT2D eigenvalue weighted by atomic mass is 16.5. The van der Waals surface area contributed by atoms with Crippen molar-refractivity contribution in [2.45, 2.75) is 39.8 Å². The molecule has 5 nitrogen and oxygen atoms in total. The summed E-state index contributed by atoms with van der Waals surface area (Å²) in [5.41, 5.74) is 3.30. The molecule has 0 radical (unpaired) electrons. The van der Waals surface area contributed by atoms with Gasteiger partial charge in [0, 0.05) is 13.5 Å². The number of hydrogen-bond acceptors (Lipinski definition) is 3. The van der Waals surface area contributed by atoms with Crippen molar-refractivity contribution in [3.05, 3.63) is 59.9 Å². The zero-order chi connectivity index (χ0) is 18.4. The normalized spacial score (nSPS) is 10.8. The molecule has 1 amide bonds. The predicted octanol–water partition coefficient (Wildman–Crippen LogP) is 3.84. The van der Waals surface area contributed by atoms with E-state index in [1.165, 1.54) is 12.5 Å². The van der Waals surface area contributed by atoms with E-state index in [4.69, 9.17) is 4.74 Å². The maximum atomic E-state index is 11.2. The summed E-state index contributed by atoms with van der Waals surface area (Å²) in [5, 5.41) is 2.84. The van der Waals surface area contributed by atoms with Crippen LogP contribution in [0.15, 0.2) is 48.5 Å². The van der Waals surface area contributed by atoms with Gasteiger partial charge in [-0.2, -0.15) is 0 Å². The smallest absolute Gasteiger partial charge is 0.217 e. The van der Waals surface area contributed by atoms with Gasteiger partial charge in [0.1, 0.15) is 11.6 Å². The van der Waals surface area contributed by atoms with E-state index in [1.54, 1.807) is 0 Å². The Balaban J connectivity index is 1.57. The van der Waals surface area contributed by atoms with Crippen molar-refractivity contribution in [2.24, 2.45) is 0 Å². The first-order chi connectivity index (χ1) is 12.6. The summed E-state index contributed by atoms with van der Waals surface area (Å²) < 4.78 is 7.99. The van der Waals surface area contributed by atoms with Crippen LogP contribution in [0.3, 0.4) is 0 Å². The van der Waals surface area contributed by atoms with Gasteiger partial charge in [-0.25, -0.2) is 4.98 Å². The van der Waals surface area contributed by atoms with Crippen LogP contribution >= 0.6 is 0 Å². The molecule has 1 heterocycles. The minimum absolute atomic E-state index is 0.0462. The fraction of sp³-hybridized carbons (Fsp3) is 0.333. The lowest BCUT2D eigenvalue weighted by atomic mass is 10.2. The van der Waals surface area contributed by atoms with Crippen LogP contribution in [0.25, 0.3) is 11.0 Å². The molecule has 5 heteroatoms. The predicted molar refractivity (Wildman–Crippen MR) is 103 cm³/mol. The fourth-order valence-corrected chi connectivity index (χ4v) is 2.91. The van der Waals surface area contributed by atoms with Crippen LogP contribution in [-0.4, -0.2) is 22.1 Å². The van der Waals surface area contributed by atoms with Crippen molar-refractivity contribution in [2.75, 3.05) is 6.61 Å². The molecule has 0 saturated carbocycles. The van der Waals surface area contributed by atoms with Gasteiger partial charge in [0.2, 0.25) is 5.91 Å². The number of aromatic nitrogens is 2. The van der Waals surface area contributed by atoms with E-state index in [0.717, 1.165) is 42.0 Å². The van der Waals surface area contributed by atoms with Crippen molar-refractivity contribution in [3.8, 4) is 5.75 Å². The minimum atomic E-state index is -0.0462. The van der Waals surface area contributed by atoms with E-state index in [1.807, 2.05) is 30.3 Å². The number of hydrogen-bond donors (Lipinski definition) is 1. The van der Waals surface area contributed by atoms with Gasteiger partial charge in [-0.3, -0.25) is 4.79 Å². The number of nitrogens with zero attached hydrogens (tertiary/aromatic N) is 2. The number of carbonyl (C=O) groups is 1. The third kappa shape index (κ3) is 4.63. The molecule has 0 fully saturated rings. The van der Waals surface area contributed by atoms with Crippen LogP contribution in [0.5, 0.6) is 5.75 Å². The van der Waals surface area contributed by atoms with E-state index in [2.05, 4.69) is 40.0 Å². The Kier molecular flexibility index (Phi) is 5.89. The van der Waals surface area contributed by atoms with E-state index in [-0.39, 0.29) is 5.91 Å². The molecule has 0 aliphatic carbocycles. The third-order valence-electron chi connectivity index (χ3n) is 4.29. The summed E-state index contributed by atoms with van der Waals surface area (Å²) in [6.45, 7) is 5.58. The summed E-state index contributed by atoms with van der Waals surface area (Å²) in [6.07, 6.45) is 1.94.